The maximum atomic E-state index is 5.85. The lowest BCUT2D eigenvalue weighted by Gasteiger charge is -2.20. The molecule has 0 aliphatic carbocycles. The highest BCUT2D eigenvalue weighted by atomic mass is 35.9. The zero-order valence-corrected chi connectivity index (χ0v) is 12.3. The lowest BCUT2D eigenvalue weighted by atomic mass is 10.6. The van der Waals surface area contributed by atoms with Gasteiger partial charge in [0.25, 0.3) is 5.91 Å². The fraction of sp³-hybridized carbons (Fsp3) is 0.600. The number of aliphatic imine (C=N–C) groups is 1. The van der Waals surface area contributed by atoms with E-state index in [0.29, 0.717) is 0 Å². The van der Waals surface area contributed by atoms with Crippen molar-refractivity contribution >= 4 is 75.0 Å². The Labute approximate surface area is 112 Å². The monoisotopic (exact) mass is 328 g/mol. The highest BCUT2D eigenvalue weighted by Crippen LogP contribution is 2.63. The molecule has 15 heavy (non-hydrogen) atoms. The number of rotatable bonds is 0. The van der Waals surface area contributed by atoms with E-state index in [1.807, 2.05) is 0 Å². The highest BCUT2D eigenvalue weighted by molar-refractivity contribution is 8.09. The maximum Gasteiger partial charge on any atom is 0.257 e. The lowest BCUT2D eigenvalue weighted by molar-refractivity contribution is 0.616. The van der Waals surface area contributed by atoms with Crippen LogP contribution in [0.2, 0.25) is 0 Å². The van der Waals surface area contributed by atoms with Crippen molar-refractivity contribution in [2.45, 2.75) is 3.79 Å². The highest BCUT2D eigenvalue weighted by Gasteiger charge is 2.33. The normalized spacial score (nSPS) is 20.2. The Hall–Kier alpha value is 0.820. The number of amidine groups is 1. The van der Waals surface area contributed by atoms with Crippen LogP contribution < -0.4 is 0 Å². The average Bonchev–Trinajstić information content (AvgIpc) is 1.99. The van der Waals surface area contributed by atoms with Crippen LogP contribution in [0.5, 0.6) is 0 Å². The average molecular weight is 330 g/mol. The van der Waals surface area contributed by atoms with Gasteiger partial charge in [0.1, 0.15) is 0 Å². The molecule has 0 atom stereocenters. The number of guanidine groups is 1. The summed E-state index contributed by atoms with van der Waals surface area (Å²) in [6.07, 6.45) is 0. The Balaban J connectivity index is 3.24. The van der Waals surface area contributed by atoms with Crippen molar-refractivity contribution in [3.8, 4) is 0 Å². The van der Waals surface area contributed by atoms with Crippen LogP contribution in [-0.4, -0.2) is 34.6 Å². The first-order valence-corrected chi connectivity index (χ1v) is 8.21. The standard InChI is InChI=1S/C5H6Cl5N4P/c1-14(2)4-11-3(5(6,7)8)12-15(9,10)13-4/h1-2H3. The van der Waals surface area contributed by atoms with E-state index in [4.69, 9.17) is 57.3 Å². The second-order valence-corrected chi connectivity index (χ2v) is 9.72. The van der Waals surface area contributed by atoms with E-state index in [2.05, 4.69) is 14.5 Å². The van der Waals surface area contributed by atoms with E-state index in [1.54, 1.807) is 19.0 Å². The van der Waals surface area contributed by atoms with Gasteiger partial charge in [-0.3, -0.25) is 0 Å². The summed E-state index contributed by atoms with van der Waals surface area (Å²) in [7, 11) is 3.44. The number of hydrogen-bond donors (Lipinski definition) is 0. The molecule has 1 aliphatic rings. The molecule has 0 N–H and O–H groups in total. The molecule has 0 bridgehead atoms. The van der Waals surface area contributed by atoms with E-state index in [1.165, 1.54) is 0 Å². The zero-order chi connectivity index (χ0) is 11.9. The first-order chi connectivity index (χ1) is 6.62. The second kappa shape index (κ2) is 4.59. The number of halogens is 5. The minimum Gasteiger partial charge on any atom is -0.347 e. The molecule has 4 nitrogen and oxygen atoms in total. The molecule has 0 saturated carbocycles. The van der Waals surface area contributed by atoms with Gasteiger partial charge in [0, 0.05) is 14.1 Å². The number of hydrogen-bond acceptors (Lipinski definition) is 4. The molecule has 0 amide bonds. The van der Waals surface area contributed by atoms with E-state index in [-0.39, 0.29) is 11.8 Å². The molecule has 0 fully saturated rings. The Morgan fingerprint density at radius 1 is 1.20 bits per heavy atom. The fourth-order valence-corrected chi connectivity index (χ4v) is 2.86. The molecular weight excluding hydrogens is 324 g/mol. The summed E-state index contributed by atoms with van der Waals surface area (Å²) in [4.78, 5) is 5.54. The van der Waals surface area contributed by atoms with Crippen LogP contribution >= 0.6 is 63.2 Å². The van der Waals surface area contributed by atoms with Gasteiger partial charge in [-0.25, -0.2) is 0 Å². The number of nitrogens with zero attached hydrogens (tertiary/aromatic N) is 4. The molecule has 0 aromatic carbocycles. The van der Waals surface area contributed by atoms with Crippen molar-refractivity contribution in [3.05, 3.63) is 0 Å². The van der Waals surface area contributed by atoms with Crippen molar-refractivity contribution < 1.29 is 0 Å². The van der Waals surface area contributed by atoms with Crippen molar-refractivity contribution in [3.63, 3.8) is 0 Å². The minimum atomic E-state index is -2.87. The van der Waals surface area contributed by atoms with Gasteiger partial charge in [0.05, 0.1) is 0 Å². The molecule has 0 spiro atoms. The zero-order valence-electron chi connectivity index (χ0n) is 7.63. The van der Waals surface area contributed by atoms with Crippen molar-refractivity contribution in [1.29, 1.82) is 0 Å². The summed E-state index contributed by atoms with van der Waals surface area (Å²) in [6, 6.07) is 0. The Morgan fingerprint density at radius 2 is 1.73 bits per heavy atom. The molecule has 0 unspecified atom stereocenters. The summed E-state index contributed by atoms with van der Waals surface area (Å²) < 4.78 is 5.97. The van der Waals surface area contributed by atoms with Crippen LogP contribution in [0.1, 0.15) is 0 Å². The molecule has 1 heterocycles. The van der Waals surface area contributed by atoms with Crippen molar-refractivity contribution in [2.75, 3.05) is 14.1 Å². The summed E-state index contributed by atoms with van der Waals surface area (Å²) >= 11 is 28.6. The van der Waals surface area contributed by atoms with E-state index < -0.39 is 9.70 Å². The molecule has 1 aliphatic heterocycles. The Bertz CT molecular complexity index is 375. The maximum absolute atomic E-state index is 5.85. The van der Waals surface area contributed by atoms with E-state index in [9.17, 15) is 0 Å². The van der Waals surface area contributed by atoms with E-state index in [0.717, 1.165) is 0 Å². The predicted octanol–water partition coefficient (Wildman–Crippen LogP) is 4.11. The molecule has 0 aromatic rings. The van der Waals surface area contributed by atoms with Crippen LogP contribution in [0, 0.1) is 0 Å². The Kier molecular flexibility index (Phi) is 4.25. The molecule has 0 radical (unpaired) electrons. The van der Waals surface area contributed by atoms with Crippen LogP contribution in [0.15, 0.2) is 14.5 Å². The lowest BCUT2D eigenvalue weighted by Crippen LogP contribution is -2.26. The van der Waals surface area contributed by atoms with Gasteiger partial charge in [-0.15, -0.1) is 0 Å². The van der Waals surface area contributed by atoms with Gasteiger partial charge in [-0.2, -0.15) is 14.5 Å². The molecule has 0 saturated heterocycles. The van der Waals surface area contributed by atoms with E-state index >= 15 is 0 Å². The van der Waals surface area contributed by atoms with Crippen LogP contribution in [0.3, 0.4) is 0 Å². The van der Waals surface area contributed by atoms with Crippen LogP contribution in [0.25, 0.3) is 0 Å². The largest absolute Gasteiger partial charge is 0.347 e. The summed E-state index contributed by atoms with van der Waals surface area (Å²) in [5.74, 6) is -2.64. The third-order valence-corrected chi connectivity index (χ3v) is 3.55. The first kappa shape index (κ1) is 13.9. The second-order valence-electron chi connectivity index (χ2n) is 2.78. The van der Waals surface area contributed by atoms with Crippen molar-refractivity contribution in [2.24, 2.45) is 14.5 Å². The van der Waals surface area contributed by atoms with Gasteiger partial charge in [-0.1, -0.05) is 34.8 Å². The van der Waals surface area contributed by atoms with Crippen molar-refractivity contribution in [1.82, 2.24) is 4.90 Å². The first-order valence-electron chi connectivity index (χ1n) is 3.57. The summed E-state index contributed by atoms with van der Waals surface area (Å²) in [5.41, 5.74) is 0. The molecule has 0 aromatic heterocycles. The van der Waals surface area contributed by atoms with Gasteiger partial charge < -0.3 is 4.90 Å². The molecule has 1 rings (SSSR count). The number of alkyl halides is 3. The SMILES string of the molecule is CN(C)C1=NC(C(Cl)(Cl)Cl)=NP(Cl)(Cl)=N1. The van der Waals surface area contributed by atoms with Gasteiger partial charge >= 0.3 is 0 Å². The molecule has 86 valence electrons. The summed E-state index contributed by atoms with van der Waals surface area (Å²) in [6.45, 7) is 0. The third kappa shape index (κ3) is 3.95. The van der Waals surface area contributed by atoms with Gasteiger partial charge in [0.2, 0.25) is 9.75 Å². The molecule has 10 heteroatoms. The Morgan fingerprint density at radius 3 is 2.13 bits per heavy atom. The fourth-order valence-electron chi connectivity index (χ4n) is 0.693. The molecular formula is C5H6Cl5N4P. The smallest absolute Gasteiger partial charge is 0.257 e. The quantitative estimate of drug-likeness (QED) is 0.487. The summed E-state index contributed by atoms with van der Waals surface area (Å²) in [5, 5.41) is 0. The van der Waals surface area contributed by atoms with Gasteiger partial charge in [-0.05, 0) is 22.5 Å². The van der Waals surface area contributed by atoms with Gasteiger partial charge in [0.15, 0.2) is 5.84 Å². The van der Waals surface area contributed by atoms with Crippen LogP contribution in [-0.2, 0) is 0 Å². The minimum absolute atomic E-state index is 0.0514. The topological polar surface area (TPSA) is 40.3 Å². The predicted molar refractivity (Wildman–Crippen MR) is 69.9 cm³/mol. The van der Waals surface area contributed by atoms with Crippen LogP contribution in [0.4, 0.5) is 0 Å². The third-order valence-electron chi connectivity index (χ3n) is 1.28.